The predicted octanol–water partition coefficient (Wildman–Crippen LogP) is 18.3. The van der Waals surface area contributed by atoms with Gasteiger partial charge in [-0.05, 0) is 344 Å². The van der Waals surface area contributed by atoms with Gasteiger partial charge in [-0.1, -0.05) is 12.1 Å². The Labute approximate surface area is 420 Å². The van der Waals surface area contributed by atoms with Gasteiger partial charge in [0, 0.05) is 22.5 Å². The highest BCUT2D eigenvalue weighted by molar-refractivity contribution is 6.82. The number of hydrogen-bond donors (Lipinski definition) is 2. The first-order valence-corrected chi connectivity index (χ1v) is 28.1. The lowest BCUT2D eigenvalue weighted by Crippen LogP contribution is -2.59. The maximum Gasteiger partial charge on any atom is 0.135 e. The molecule has 0 aromatic heterocycles. The van der Waals surface area contributed by atoms with Crippen molar-refractivity contribution in [3.8, 4) is 0 Å². The Morgan fingerprint density at radius 3 is 0.662 bits per heavy atom. The van der Waals surface area contributed by atoms with Crippen LogP contribution in [-0.4, -0.2) is 5.71 Å². The first-order chi connectivity index (χ1) is 38.2. The maximum absolute atomic E-state index is 6.77. The van der Waals surface area contributed by atoms with Gasteiger partial charge >= 0.3 is 0 Å². The monoisotopic (exact) mass is 944 g/mol. The van der Waals surface area contributed by atoms with E-state index in [4.69, 9.17) is 16.6 Å². The summed E-state index contributed by atoms with van der Waals surface area (Å²) < 4.78 is 0. The average molecular weight is 945 g/mol. The average Bonchev–Trinajstić information content (AvgIpc) is 1.71. The Kier molecular flexibility index (Phi) is 2.56. The molecule has 4 N–H and O–H groups in total. The zero-order chi connectivity index (χ0) is 46.3. The fourth-order valence-corrected chi connectivity index (χ4v) is 26.0. The van der Waals surface area contributed by atoms with Gasteiger partial charge in [0.05, 0.1) is 11.4 Å². The zero-order valence-electron chi connectivity index (χ0n) is 39.2. The van der Waals surface area contributed by atoms with E-state index >= 15 is 0 Å². The van der Waals surface area contributed by atoms with Crippen molar-refractivity contribution in [2.45, 2.75) is 11.0 Å². The molecule has 77 heavy (non-hydrogen) atoms. The molecule has 324 valence electrons. The Morgan fingerprint density at radius 2 is 0.429 bits per heavy atom. The van der Waals surface area contributed by atoms with E-state index in [0.29, 0.717) is 0 Å². The van der Waals surface area contributed by atoms with Crippen molar-refractivity contribution >= 4 is 314 Å². The molecule has 4 nitrogen and oxygen atoms in total. The molecule has 2 spiro atoms. The molecule has 0 radical (unpaired) electrons. The van der Waals surface area contributed by atoms with Gasteiger partial charge in [0.1, 0.15) is 11.0 Å². The minimum absolute atomic E-state index is 0.712. The topological polar surface area (TPSA) is 67.6 Å². The number of hydrogen-bond acceptors (Lipinski definition) is 4. The minimum Gasteiger partial charge on any atom is -0.399 e. The Bertz CT molecular complexity index is 7730. The third kappa shape index (κ3) is 1.63. The number of benzene rings is 20. The van der Waals surface area contributed by atoms with Crippen molar-refractivity contribution in [3.63, 3.8) is 0 Å². The second-order valence-corrected chi connectivity index (χ2v) is 27.2. The van der Waals surface area contributed by atoms with Gasteiger partial charge in [0.15, 0.2) is 0 Å². The molecule has 0 amide bonds. The quantitative estimate of drug-likeness (QED) is 0.134. The molecule has 1 heterocycles. The fourth-order valence-electron chi connectivity index (χ4n) is 26.0. The van der Waals surface area contributed by atoms with E-state index in [-0.39, 0.29) is 0 Å². The summed E-state index contributed by atoms with van der Waals surface area (Å²) in [5.74, 6) is 0. The standard InChI is InChI=1S/C73H12N4/c74-10-3-1-9(2-4-10)71-72-67-59-51-41-31-23-15-13-14-17-21-19(15)27-35-29(21)39-33-25(17)26-18(14)22-20-16(13)24(23)32-38-28(20)36-30(22)40-34(26)44-43(33)55-49(39)57-47(35)53(45(51)37(27)31)61(67)63(57)69-65(55)66-56(44)50(40)58-48(36)54-46(38)52(42(32)41)60(59)68(72)62(54)64(58)70(66)73(69,72)77(76-71)12-7-5-11(75)6-8-12/h1-8H,74-75H2. The molecular formula is C73H12N4. The first kappa shape index (κ1) is 29.2. The highest BCUT2D eigenvalue weighted by Gasteiger charge is 2.76. The molecule has 30 aromatic rings. The normalized spacial score (nSPS) is 21.5. The summed E-state index contributed by atoms with van der Waals surface area (Å²) in [5.41, 5.74) is 23.3. The van der Waals surface area contributed by atoms with Crippen LogP contribution in [0.1, 0.15) is 27.8 Å². The van der Waals surface area contributed by atoms with Crippen LogP contribution in [0, 0.1) is 0 Å². The predicted molar refractivity (Wildman–Crippen MR) is 325 cm³/mol. The summed E-state index contributed by atoms with van der Waals surface area (Å²) in [5, 5.41) is 95.3. The van der Waals surface area contributed by atoms with Crippen molar-refractivity contribution in [1.29, 1.82) is 0 Å². The van der Waals surface area contributed by atoms with E-state index in [1.54, 1.807) is 313 Å². The first-order valence-electron chi connectivity index (χ1n) is 28.1. The highest BCUT2D eigenvalue weighted by Crippen LogP contribution is 2.86. The van der Waals surface area contributed by atoms with Crippen LogP contribution in [0.4, 0.5) is 17.1 Å². The Hall–Kier alpha value is -10.0. The van der Waals surface area contributed by atoms with Gasteiger partial charge < -0.3 is 11.5 Å². The number of anilines is 3. The molecule has 1 aliphatic heterocycles. The van der Waals surface area contributed by atoms with Crippen LogP contribution < -0.4 is 16.5 Å². The van der Waals surface area contributed by atoms with E-state index in [9.17, 15) is 0 Å². The summed E-state index contributed by atoms with van der Waals surface area (Å²) in [7, 11) is 0. The number of hydrazone groups is 1. The number of nitrogens with two attached hydrogens (primary N) is 2. The van der Waals surface area contributed by atoms with E-state index in [0.717, 1.165) is 17.1 Å². The van der Waals surface area contributed by atoms with Crippen LogP contribution in [0.15, 0.2) is 53.6 Å². The fraction of sp³-hybridized carbons (Fsp3) is 0.0274. The highest BCUT2D eigenvalue weighted by atomic mass is 15.5. The third-order valence-electron chi connectivity index (χ3n) is 26.5. The van der Waals surface area contributed by atoms with Crippen LogP contribution in [0.2, 0.25) is 0 Å². The molecule has 0 fully saturated rings. The lowest BCUT2D eigenvalue weighted by atomic mass is 9.50. The van der Waals surface area contributed by atoms with Crippen LogP contribution in [-0.2, 0) is 11.0 Å². The van der Waals surface area contributed by atoms with Gasteiger partial charge in [-0.3, -0.25) is 0 Å². The molecule has 0 saturated carbocycles. The van der Waals surface area contributed by atoms with Crippen molar-refractivity contribution in [2.75, 3.05) is 16.5 Å². The van der Waals surface area contributed by atoms with Crippen molar-refractivity contribution in [1.82, 2.24) is 0 Å². The molecule has 4 heteroatoms. The SMILES string of the molecule is Nc1ccc(C2=NN(c3ccc(N)cc3)C34c5c6c7c8c9c%10c(c%11c%12c3c3c5c5c%13c6c6c7c7c9c9c%14c%10c%10c%11c%11c%12c%12c3c3c5c5c%13c%13c6c6c7c9c7c9c%14c%10c%10c%11c%11c%12c3c3c5c5c%13c6c7c6c9c%10c%11c3c56)C284)cc1. The van der Waals surface area contributed by atoms with Crippen LogP contribution in [0.5, 0.6) is 0 Å². The molecule has 4 aliphatic carbocycles. The zero-order valence-corrected chi connectivity index (χ0v) is 39.2. The van der Waals surface area contributed by atoms with Crippen LogP contribution in [0.25, 0.3) is 291 Å². The lowest BCUT2D eigenvalue weighted by molar-refractivity contribution is 0.425. The number of nitrogens with zero attached hydrogens (tertiary/aromatic N) is 2. The molecule has 5 aliphatic rings. The van der Waals surface area contributed by atoms with Crippen LogP contribution in [0.3, 0.4) is 0 Å². The summed E-state index contributed by atoms with van der Waals surface area (Å²) in [6.45, 7) is 0. The molecule has 0 unspecified atom stereocenters. The maximum atomic E-state index is 6.77. The molecular weight excluding hydrogens is 933 g/mol. The molecule has 0 bridgehead atoms. The molecule has 30 aromatic carbocycles. The second kappa shape index (κ2) is 6.76. The Morgan fingerprint density at radius 1 is 0.234 bits per heavy atom. The molecule has 0 saturated heterocycles. The van der Waals surface area contributed by atoms with Gasteiger partial charge in [-0.15, -0.1) is 0 Å². The third-order valence-corrected chi connectivity index (χ3v) is 26.5. The summed E-state index contributed by atoms with van der Waals surface area (Å²) in [6, 6.07) is 17.9. The smallest absolute Gasteiger partial charge is 0.135 e. The largest absolute Gasteiger partial charge is 0.399 e. The van der Waals surface area contributed by atoms with E-state index in [1.165, 1.54) is 11.3 Å². The van der Waals surface area contributed by atoms with Crippen molar-refractivity contribution < 1.29 is 0 Å². The summed E-state index contributed by atoms with van der Waals surface area (Å²) in [4.78, 5) is 0. The van der Waals surface area contributed by atoms with Gasteiger partial charge in [0.2, 0.25) is 0 Å². The van der Waals surface area contributed by atoms with Crippen molar-refractivity contribution in [2.24, 2.45) is 5.10 Å². The minimum atomic E-state index is -0.759. The number of nitrogen functional groups attached to an aromatic ring is 2. The van der Waals surface area contributed by atoms with E-state index < -0.39 is 11.0 Å². The van der Waals surface area contributed by atoms with E-state index in [2.05, 4.69) is 53.5 Å². The van der Waals surface area contributed by atoms with Gasteiger partial charge in [-0.25, -0.2) is 5.01 Å². The van der Waals surface area contributed by atoms with Crippen molar-refractivity contribution in [3.05, 3.63) is 76.3 Å². The van der Waals surface area contributed by atoms with Gasteiger partial charge in [-0.2, -0.15) is 5.10 Å². The second-order valence-electron chi connectivity index (χ2n) is 27.2. The van der Waals surface area contributed by atoms with Crippen LogP contribution >= 0.6 is 0 Å². The molecule has 0 atom stereocenters. The lowest BCUT2D eigenvalue weighted by Gasteiger charge is -2.53. The molecule has 35 rings (SSSR count). The summed E-state index contributed by atoms with van der Waals surface area (Å²) in [6.07, 6.45) is 0. The van der Waals surface area contributed by atoms with Gasteiger partial charge in [0.25, 0.3) is 0 Å². The van der Waals surface area contributed by atoms with E-state index in [1.807, 2.05) is 0 Å². The summed E-state index contributed by atoms with van der Waals surface area (Å²) >= 11 is 0. The Balaban J connectivity index is 1.11. The number of rotatable bonds is 2.